The smallest absolute Gasteiger partial charge is 0.318 e. The van der Waals surface area contributed by atoms with Gasteiger partial charge >= 0.3 is 5.97 Å². The summed E-state index contributed by atoms with van der Waals surface area (Å²) < 4.78 is 40.7. The average molecular weight is 417 g/mol. The molecule has 2 aromatic carbocycles. The number of Topliss-reactive ketones (excluding diaryl/α,β-unsaturated/α-hetero) is 1. The summed E-state index contributed by atoms with van der Waals surface area (Å²) in [4.78, 5) is 26.9. The Bertz CT molecular complexity index is 943. The molecule has 0 aliphatic carbocycles. The minimum absolute atomic E-state index is 0.00920. The number of halogens is 2. The molecule has 1 heterocycles. The summed E-state index contributed by atoms with van der Waals surface area (Å²) in [6.45, 7) is 4.22. The SMILES string of the molecule is CCCCN1CC(C(=O)OCC)C(=O)c2cc(F)c(-c3ccc(OC)cc3)c(F)c21. The maximum atomic E-state index is 15.6. The second-order valence-corrected chi connectivity index (χ2v) is 7.14. The van der Waals surface area contributed by atoms with E-state index < -0.39 is 29.3 Å². The first-order valence-corrected chi connectivity index (χ1v) is 10.0. The van der Waals surface area contributed by atoms with Crippen LogP contribution in [0.3, 0.4) is 0 Å². The Kier molecular flexibility index (Phi) is 6.70. The molecule has 0 aromatic heterocycles. The molecule has 0 radical (unpaired) electrons. The fraction of sp³-hybridized carbons (Fsp3) is 0.391. The number of benzene rings is 2. The van der Waals surface area contributed by atoms with Crippen LogP contribution in [-0.4, -0.2) is 38.6 Å². The van der Waals surface area contributed by atoms with Crippen LogP contribution in [0.5, 0.6) is 5.75 Å². The van der Waals surface area contributed by atoms with Gasteiger partial charge in [-0.15, -0.1) is 0 Å². The molecule has 0 saturated carbocycles. The molecule has 0 bridgehead atoms. The number of hydrogen-bond acceptors (Lipinski definition) is 5. The molecule has 160 valence electrons. The fourth-order valence-corrected chi connectivity index (χ4v) is 3.69. The van der Waals surface area contributed by atoms with E-state index in [1.807, 2.05) is 6.92 Å². The first-order chi connectivity index (χ1) is 14.4. The van der Waals surface area contributed by atoms with E-state index in [1.165, 1.54) is 7.11 Å². The lowest BCUT2D eigenvalue weighted by Crippen LogP contribution is -2.44. The first-order valence-electron chi connectivity index (χ1n) is 10.0. The van der Waals surface area contributed by atoms with Crippen LogP contribution in [0.4, 0.5) is 14.5 Å². The van der Waals surface area contributed by atoms with Crippen molar-refractivity contribution in [3.8, 4) is 16.9 Å². The van der Waals surface area contributed by atoms with Crippen LogP contribution in [0.1, 0.15) is 37.0 Å². The summed E-state index contributed by atoms with van der Waals surface area (Å²) >= 11 is 0. The van der Waals surface area contributed by atoms with E-state index in [1.54, 1.807) is 36.1 Å². The lowest BCUT2D eigenvalue weighted by Gasteiger charge is -2.35. The number of unbranched alkanes of at least 4 members (excludes halogenated alkanes) is 1. The van der Waals surface area contributed by atoms with Crippen molar-refractivity contribution < 1.29 is 27.8 Å². The molecule has 5 nitrogen and oxygen atoms in total. The van der Waals surface area contributed by atoms with Crippen molar-refractivity contribution in [2.45, 2.75) is 26.7 Å². The molecule has 1 aliphatic heterocycles. The zero-order valence-electron chi connectivity index (χ0n) is 17.3. The molecule has 30 heavy (non-hydrogen) atoms. The highest BCUT2D eigenvalue weighted by Gasteiger charge is 2.40. The van der Waals surface area contributed by atoms with Gasteiger partial charge in [-0.1, -0.05) is 25.5 Å². The standard InChI is InChI=1S/C23H25F2NO4/c1-4-6-11-26-13-17(23(28)30-5-2)22(27)16-12-18(24)19(20(25)21(16)26)14-7-9-15(29-3)10-8-14/h7-10,12,17H,4-6,11,13H2,1-3H3. The zero-order chi connectivity index (χ0) is 21.8. The van der Waals surface area contributed by atoms with Crippen LogP contribution in [-0.2, 0) is 9.53 Å². The molecule has 0 N–H and O–H groups in total. The number of esters is 1. The lowest BCUT2D eigenvalue weighted by molar-refractivity contribution is -0.145. The van der Waals surface area contributed by atoms with Crippen LogP contribution in [0.25, 0.3) is 11.1 Å². The number of carbonyl (C=O) groups is 2. The Labute approximate surface area is 174 Å². The van der Waals surface area contributed by atoms with Crippen LogP contribution in [0, 0.1) is 17.6 Å². The molecule has 7 heteroatoms. The largest absolute Gasteiger partial charge is 0.497 e. The molecule has 1 aliphatic rings. The molecule has 0 amide bonds. The van der Waals surface area contributed by atoms with Gasteiger partial charge in [-0.2, -0.15) is 0 Å². The van der Waals surface area contributed by atoms with Crippen molar-refractivity contribution >= 4 is 17.4 Å². The van der Waals surface area contributed by atoms with E-state index >= 15 is 4.39 Å². The van der Waals surface area contributed by atoms with E-state index in [0.29, 0.717) is 17.9 Å². The molecule has 3 rings (SSSR count). The van der Waals surface area contributed by atoms with Gasteiger partial charge in [0.1, 0.15) is 17.5 Å². The maximum absolute atomic E-state index is 15.6. The predicted molar refractivity (Wildman–Crippen MR) is 110 cm³/mol. The molecule has 0 fully saturated rings. The molecule has 1 atom stereocenters. The van der Waals surface area contributed by atoms with Gasteiger partial charge in [0, 0.05) is 18.7 Å². The summed E-state index contributed by atoms with van der Waals surface area (Å²) in [6, 6.07) is 7.39. The number of ketones is 1. The van der Waals surface area contributed by atoms with Gasteiger partial charge in [-0.05, 0) is 37.1 Å². The molecule has 2 aromatic rings. The van der Waals surface area contributed by atoms with Gasteiger partial charge in [0.05, 0.1) is 25.0 Å². The topological polar surface area (TPSA) is 55.8 Å². The lowest BCUT2D eigenvalue weighted by atomic mass is 9.88. The third-order valence-electron chi connectivity index (χ3n) is 5.22. The Morgan fingerprint density at radius 3 is 2.50 bits per heavy atom. The highest BCUT2D eigenvalue weighted by molar-refractivity contribution is 6.14. The fourth-order valence-electron chi connectivity index (χ4n) is 3.69. The summed E-state index contributed by atoms with van der Waals surface area (Å²) in [5, 5.41) is 0. The third-order valence-corrected chi connectivity index (χ3v) is 5.22. The summed E-state index contributed by atoms with van der Waals surface area (Å²) in [5.41, 5.74) is 0.0492. The van der Waals surface area contributed by atoms with E-state index in [4.69, 9.17) is 9.47 Å². The summed E-state index contributed by atoms with van der Waals surface area (Å²) in [6.07, 6.45) is 1.58. The third kappa shape index (κ3) is 4.01. The quantitative estimate of drug-likeness (QED) is 0.486. The van der Waals surface area contributed by atoms with Crippen LogP contribution >= 0.6 is 0 Å². The van der Waals surface area contributed by atoms with Crippen molar-refractivity contribution in [3.05, 3.63) is 47.5 Å². The second kappa shape index (κ2) is 9.24. The number of rotatable bonds is 7. The zero-order valence-corrected chi connectivity index (χ0v) is 17.3. The Morgan fingerprint density at radius 1 is 1.20 bits per heavy atom. The van der Waals surface area contributed by atoms with E-state index in [9.17, 15) is 14.0 Å². The van der Waals surface area contributed by atoms with E-state index in [2.05, 4.69) is 0 Å². The Morgan fingerprint density at radius 2 is 1.90 bits per heavy atom. The van der Waals surface area contributed by atoms with Gasteiger partial charge in [-0.3, -0.25) is 9.59 Å². The van der Waals surface area contributed by atoms with Crippen LogP contribution in [0.2, 0.25) is 0 Å². The maximum Gasteiger partial charge on any atom is 0.318 e. The molecule has 0 saturated heterocycles. The van der Waals surface area contributed by atoms with Gasteiger partial charge in [0.25, 0.3) is 0 Å². The molecule has 1 unspecified atom stereocenters. The van der Waals surface area contributed by atoms with Crippen molar-refractivity contribution in [2.75, 3.05) is 31.7 Å². The number of nitrogens with zero attached hydrogens (tertiary/aromatic N) is 1. The number of hydrogen-bond donors (Lipinski definition) is 0. The van der Waals surface area contributed by atoms with Crippen molar-refractivity contribution in [1.82, 2.24) is 0 Å². The van der Waals surface area contributed by atoms with Gasteiger partial charge in [0.15, 0.2) is 11.6 Å². The van der Waals surface area contributed by atoms with Crippen molar-refractivity contribution in [2.24, 2.45) is 5.92 Å². The molecular formula is C23H25F2NO4. The normalized spacial score (nSPS) is 15.7. The van der Waals surface area contributed by atoms with E-state index in [0.717, 1.165) is 18.9 Å². The Hall–Kier alpha value is -2.96. The van der Waals surface area contributed by atoms with Crippen LogP contribution in [0.15, 0.2) is 30.3 Å². The first kappa shape index (κ1) is 21.7. The van der Waals surface area contributed by atoms with Gasteiger partial charge in [0.2, 0.25) is 0 Å². The highest BCUT2D eigenvalue weighted by Crippen LogP contribution is 2.40. The minimum Gasteiger partial charge on any atom is -0.497 e. The number of ether oxygens (including phenoxy) is 2. The number of fused-ring (bicyclic) bond motifs is 1. The second-order valence-electron chi connectivity index (χ2n) is 7.14. The predicted octanol–water partition coefficient (Wildman–Crippen LogP) is 4.62. The van der Waals surface area contributed by atoms with Crippen molar-refractivity contribution in [3.63, 3.8) is 0 Å². The monoisotopic (exact) mass is 417 g/mol. The highest BCUT2D eigenvalue weighted by atomic mass is 19.1. The van der Waals surface area contributed by atoms with Crippen molar-refractivity contribution in [1.29, 1.82) is 0 Å². The number of carbonyl (C=O) groups excluding carboxylic acids is 2. The average Bonchev–Trinajstić information content (AvgIpc) is 2.74. The summed E-state index contributed by atoms with van der Waals surface area (Å²) in [7, 11) is 1.51. The summed E-state index contributed by atoms with van der Waals surface area (Å²) in [5.74, 6) is -3.48. The van der Waals surface area contributed by atoms with Crippen LogP contribution < -0.4 is 9.64 Å². The molecular weight excluding hydrogens is 392 g/mol. The molecule has 0 spiro atoms. The Balaban J connectivity index is 2.13. The number of methoxy groups -OCH3 is 1. The minimum atomic E-state index is -1.10. The van der Waals surface area contributed by atoms with E-state index in [-0.39, 0.29) is 30.0 Å². The van der Waals surface area contributed by atoms with Gasteiger partial charge in [-0.25, -0.2) is 8.78 Å². The number of anilines is 1. The van der Waals surface area contributed by atoms with Gasteiger partial charge < -0.3 is 14.4 Å².